The Morgan fingerprint density at radius 2 is 2.05 bits per heavy atom. The van der Waals surface area contributed by atoms with E-state index in [1.54, 1.807) is 11.3 Å². The second-order valence-electron chi connectivity index (χ2n) is 5.34. The summed E-state index contributed by atoms with van der Waals surface area (Å²) >= 11 is 1.72. The normalized spacial score (nSPS) is 13.3. The molecular formula is C17H22N2O2S. The van der Waals surface area contributed by atoms with Gasteiger partial charge in [-0.1, -0.05) is 13.3 Å². The largest absolute Gasteiger partial charge is 0.486 e. The summed E-state index contributed by atoms with van der Waals surface area (Å²) in [7, 11) is 0. The van der Waals surface area contributed by atoms with E-state index >= 15 is 0 Å². The van der Waals surface area contributed by atoms with E-state index < -0.39 is 0 Å². The summed E-state index contributed by atoms with van der Waals surface area (Å²) in [6, 6.07) is 6.04. The molecule has 1 aromatic heterocycles. The van der Waals surface area contributed by atoms with Gasteiger partial charge in [0.25, 0.3) is 0 Å². The van der Waals surface area contributed by atoms with Crippen molar-refractivity contribution in [1.82, 2.24) is 10.3 Å². The van der Waals surface area contributed by atoms with Gasteiger partial charge in [-0.3, -0.25) is 0 Å². The van der Waals surface area contributed by atoms with Crippen LogP contribution in [0.15, 0.2) is 23.6 Å². The molecule has 0 amide bonds. The van der Waals surface area contributed by atoms with Crippen molar-refractivity contribution in [3.05, 3.63) is 28.6 Å². The fourth-order valence-corrected chi connectivity index (χ4v) is 3.19. The molecule has 0 radical (unpaired) electrons. The van der Waals surface area contributed by atoms with E-state index in [-0.39, 0.29) is 0 Å². The average Bonchev–Trinajstić information content (AvgIpc) is 3.03. The lowest BCUT2D eigenvalue weighted by molar-refractivity contribution is 0.171. The van der Waals surface area contributed by atoms with E-state index in [0.717, 1.165) is 42.3 Å². The van der Waals surface area contributed by atoms with Gasteiger partial charge in [-0.15, -0.1) is 11.3 Å². The van der Waals surface area contributed by atoms with Crippen LogP contribution >= 0.6 is 11.3 Å². The molecule has 118 valence electrons. The Morgan fingerprint density at radius 1 is 1.18 bits per heavy atom. The second kappa shape index (κ2) is 7.61. The van der Waals surface area contributed by atoms with E-state index in [2.05, 4.69) is 17.6 Å². The minimum Gasteiger partial charge on any atom is -0.486 e. The Balaban J connectivity index is 1.61. The van der Waals surface area contributed by atoms with Gasteiger partial charge in [0, 0.05) is 23.9 Å². The Kier molecular flexibility index (Phi) is 5.29. The molecule has 22 heavy (non-hydrogen) atoms. The number of unbranched alkanes of at least 4 members (excludes halogenated alkanes) is 1. The Hall–Kier alpha value is -1.59. The van der Waals surface area contributed by atoms with Gasteiger partial charge in [-0.2, -0.15) is 0 Å². The van der Waals surface area contributed by atoms with Crippen LogP contribution in [0.4, 0.5) is 0 Å². The highest BCUT2D eigenvalue weighted by molar-refractivity contribution is 7.09. The predicted molar refractivity (Wildman–Crippen MR) is 90.0 cm³/mol. The monoisotopic (exact) mass is 318 g/mol. The number of fused-ring (bicyclic) bond motifs is 1. The number of ether oxygens (including phenoxy) is 2. The lowest BCUT2D eigenvalue weighted by Crippen LogP contribution is -2.18. The highest BCUT2D eigenvalue weighted by Crippen LogP contribution is 2.34. The van der Waals surface area contributed by atoms with Crippen LogP contribution < -0.4 is 14.8 Å². The molecule has 0 saturated heterocycles. The van der Waals surface area contributed by atoms with Gasteiger partial charge in [-0.25, -0.2) is 4.98 Å². The van der Waals surface area contributed by atoms with Crippen LogP contribution in [-0.4, -0.2) is 31.3 Å². The second-order valence-corrected chi connectivity index (χ2v) is 6.28. The zero-order valence-corrected chi connectivity index (χ0v) is 13.7. The summed E-state index contributed by atoms with van der Waals surface area (Å²) in [6.45, 7) is 5.54. The number of nitrogens with zero attached hydrogens (tertiary/aromatic N) is 1. The summed E-state index contributed by atoms with van der Waals surface area (Å²) in [4.78, 5) is 4.73. The molecule has 2 aromatic rings. The Bertz CT molecular complexity index is 612. The van der Waals surface area contributed by atoms with Crippen molar-refractivity contribution < 1.29 is 9.47 Å². The molecule has 5 heteroatoms. The lowest BCUT2D eigenvalue weighted by atomic mass is 10.1. The first kappa shape index (κ1) is 15.3. The Labute approximate surface area is 135 Å². The maximum atomic E-state index is 5.64. The van der Waals surface area contributed by atoms with Gasteiger partial charge in [0.1, 0.15) is 13.2 Å². The summed E-state index contributed by atoms with van der Waals surface area (Å²) in [6.07, 6.45) is 3.46. The molecule has 1 aromatic carbocycles. The number of aromatic nitrogens is 1. The fraction of sp³-hybridized carbons (Fsp3) is 0.471. The quantitative estimate of drug-likeness (QED) is 0.793. The first-order chi connectivity index (χ1) is 10.9. The molecule has 1 aliphatic rings. The maximum Gasteiger partial charge on any atom is 0.162 e. The van der Waals surface area contributed by atoms with Crippen molar-refractivity contribution in [2.75, 3.05) is 26.3 Å². The van der Waals surface area contributed by atoms with E-state index in [1.165, 1.54) is 17.8 Å². The first-order valence-corrected chi connectivity index (χ1v) is 8.80. The average molecular weight is 318 g/mol. The number of hydrogen-bond donors (Lipinski definition) is 1. The van der Waals surface area contributed by atoms with Gasteiger partial charge >= 0.3 is 0 Å². The summed E-state index contributed by atoms with van der Waals surface area (Å²) in [5, 5.41) is 6.75. The van der Waals surface area contributed by atoms with Gasteiger partial charge in [0.05, 0.1) is 10.7 Å². The van der Waals surface area contributed by atoms with Crippen molar-refractivity contribution in [3.63, 3.8) is 0 Å². The van der Waals surface area contributed by atoms with Crippen LogP contribution in [0, 0.1) is 0 Å². The summed E-state index contributed by atoms with van der Waals surface area (Å²) < 4.78 is 11.2. The first-order valence-electron chi connectivity index (χ1n) is 7.92. The van der Waals surface area contributed by atoms with E-state index in [9.17, 15) is 0 Å². The van der Waals surface area contributed by atoms with Gasteiger partial charge in [-0.05, 0) is 31.2 Å². The summed E-state index contributed by atoms with van der Waals surface area (Å²) in [5.41, 5.74) is 2.11. The third-order valence-electron chi connectivity index (χ3n) is 3.61. The number of benzene rings is 1. The molecule has 0 aliphatic carbocycles. The number of nitrogens with one attached hydrogen (secondary N) is 1. The fourth-order valence-electron chi connectivity index (χ4n) is 2.38. The highest BCUT2D eigenvalue weighted by atomic mass is 32.1. The molecule has 3 rings (SSSR count). The van der Waals surface area contributed by atoms with Crippen molar-refractivity contribution in [3.8, 4) is 22.8 Å². The molecule has 0 spiro atoms. The van der Waals surface area contributed by atoms with E-state index in [4.69, 9.17) is 14.5 Å². The van der Waals surface area contributed by atoms with Crippen LogP contribution in [0.2, 0.25) is 0 Å². The Morgan fingerprint density at radius 3 is 2.91 bits per heavy atom. The topological polar surface area (TPSA) is 43.4 Å². The van der Waals surface area contributed by atoms with Crippen LogP contribution in [-0.2, 0) is 6.42 Å². The zero-order chi connectivity index (χ0) is 15.2. The number of thiazole rings is 1. The van der Waals surface area contributed by atoms with Crippen LogP contribution in [0.1, 0.15) is 24.8 Å². The molecule has 0 fully saturated rings. The van der Waals surface area contributed by atoms with Crippen LogP contribution in [0.3, 0.4) is 0 Å². The van der Waals surface area contributed by atoms with E-state index in [0.29, 0.717) is 13.2 Å². The molecule has 4 nitrogen and oxygen atoms in total. The molecule has 0 bridgehead atoms. The molecule has 1 N–H and O–H groups in total. The third-order valence-corrected chi connectivity index (χ3v) is 4.52. The summed E-state index contributed by atoms with van der Waals surface area (Å²) in [5.74, 6) is 1.64. The van der Waals surface area contributed by atoms with Crippen molar-refractivity contribution in [2.45, 2.75) is 26.2 Å². The molecule has 0 atom stereocenters. The number of hydrogen-bond acceptors (Lipinski definition) is 5. The van der Waals surface area contributed by atoms with Crippen LogP contribution in [0.5, 0.6) is 11.5 Å². The van der Waals surface area contributed by atoms with Crippen LogP contribution in [0.25, 0.3) is 11.3 Å². The molecule has 2 heterocycles. The lowest BCUT2D eigenvalue weighted by Gasteiger charge is -2.18. The van der Waals surface area contributed by atoms with Gasteiger partial charge in [0.2, 0.25) is 0 Å². The SMILES string of the molecule is CCCCNCCc1nc(-c2ccc3c(c2)OCCO3)cs1. The minimum atomic E-state index is 0.613. The maximum absolute atomic E-state index is 5.64. The molecular weight excluding hydrogens is 296 g/mol. The number of rotatable bonds is 7. The molecule has 0 unspecified atom stereocenters. The minimum absolute atomic E-state index is 0.613. The van der Waals surface area contributed by atoms with Gasteiger partial charge < -0.3 is 14.8 Å². The smallest absolute Gasteiger partial charge is 0.162 e. The van der Waals surface area contributed by atoms with E-state index in [1.807, 2.05) is 18.2 Å². The molecule has 1 aliphatic heterocycles. The van der Waals surface area contributed by atoms with Gasteiger partial charge in [0.15, 0.2) is 11.5 Å². The predicted octanol–water partition coefficient (Wildman–Crippen LogP) is 3.51. The third kappa shape index (κ3) is 3.78. The standard InChI is InChI=1S/C17H22N2O2S/c1-2-3-7-18-8-6-17-19-14(12-22-17)13-4-5-15-16(11-13)21-10-9-20-15/h4-5,11-12,18H,2-3,6-10H2,1H3. The van der Waals surface area contributed by atoms with Crippen molar-refractivity contribution in [2.24, 2.45) is 0 Å². The molecule has 0 saturated carbocycles. The van der Waals surface area contributed by atoms with Crippen molar-refractivity contribution >= 4 is 11.3 Å². The zero-order valence-electron chi connectivity index (χ0n) is 12.9. The highest BCUT2D eigenvalue weighted by Gasteiger charge is 2.13. The van der Waals surface area contributed by atoms with Crippen molar-refractivity contribution in [1.29, 1.82) is 0 Å².